The predicted molar refractivity (Wildman–Crippen MR) is 221 cm³/mol. The number of hydrogen-bond acceptors (Lipinski definition) is 4. The molecule has 9 aromatic rings. The van der Waals surface area contributed by atoms with E-state index in [1.165, 1.54) is 0 Å². The Morgan fingerprint density at radius 1 is 0.241 bits per heavy atom. The molecule has 0 atom stereocenters. The van der Waals surface area contributed by atoms with Crippen molar-refractivity contribution in [3.8, 4) is 89.9 Å². The van der Waals surface area contributed by atoms with Gasteiger partial charge in [0, 0.05) is 39.6 Å². The van der Waals surface area contributed by atoms with E-state index in [4.69, 9.17) is 19.9 Å². The number of benzene rings is 7. The molecular weight excluding hydrogens is 657 g/mol. The summed E-state index contributed by atoms with van der Waals surface area (Å²) in [6.45, 7) is 0. The van der Waals surface area contributed by atoms with Crippen molar-refractivity contribution in [1.29, 1.82) is 0 Å². The summed E-state index contributed by atoms with van der Waals surface area (Å²) < 4.78 is 0. The normalized spacial score (nSPS) is 11.0. The van der Waals surface area contributed by atoms with Crippen LogP contribution < -0.4 is 0 Å². The van der Waals surface area contributed by atoms with E-state index in [2.05, 4.69) is 176 Å². The smallest absolute Gasteiger partial charge is 0.164 e. The van der Waals surface area contributed by atoms with Crippen LogP contribution in [0, 0.1) is 0 Å². The first-order valence-corrected chi connectivity index (χ1v) is 18.0. The van der Waals surface area contributed by atoms with Crippen molar-refractivity contribution in [2.75, 3.05) is 0 Å². The second-order valence-corrected chi connectivity index (χ2v) is 13.1. The predicted octanol–water partition coefficient (Wildman–Crippen LogP) is 12.6. The van der Waals surface area contributed by atoms with Crippen LogP contribution in [-0.4, -0.2) is 19.9 Å². The summed E-state index contributed by atoms with van der Waals surface area (Å²) in [5.74, 6) is 1.84. The molecule has 0 saturated carbocycles. The Labute approximate surface area is 315 Å². The van der Waals surface area contributed by atoms with Crippen molar-refractivity contribution in [2.24, 2.45) is 0 Å². The second-order valence-electron chi connectivity index (χ2n) is 13.1. The van der Waals surface area contributed by atoms with Crippen molar-refractivity contribution in [2.45, 2.75) is 0 Å². The van der Waals surface area contributed by atoms with E-state index in [-0.39, 0.29) is 0 Å². The Morgan fingerprint density at radius 2 is 0.611 bits per heavy atom. The minimum absolute atomic E-state index is 0.605. The lowest BCUT2D eigenvalue weighted by Crippen LogP contribution is -2.00. The molecule has 4 nitrogen and oxygen atoms in total. The van der Waals surface area contributed by atoms with Gasteiger partial charge in [-0.25, -0.2) is 15.0 Å². The summed E-state index contributed by atoms with van der Waals surface area (Å²) in [6, 6.07) is 69.0. The molecule has 0 aliphatic carbocycles. The van der Waals surface area contributed by atoms with Gasteiger partial charge < -0.3 is 0 Å². The quantitative estimate of drug-likeness (QED) is 0.159. The Bertz CT molecular complexity index is 2560. The minimum Gasteiger partial charge on any atom is -0.255 e. The summed E-state index contributed by atoms with van der Waals surface area (Å²) in [6.07, 6.45) is 1.96. The van der Waals surface area contributed by atoms with E-state index < -0.39 is 0 Å². The fourth-order valence-electron chi connectivity index (χ4n) is 6.77. The molecular formula is C50H34N4. The third-order valence-electron chi connectivity index (χ3n) is 9.61. The average molecular weight is 691 g/mol. The fraction of sp³-hybridized carbons (Fsp3) is 0. The van der Waals surface area contributed by atoms with Gasteiger partial charge in [-0.2, -0.15) is 0 Å². The van der Waals surface area contributed by atoms with Crippen LogP contribution in [-0.2, 0) is 0 Å². The highest BCUT2D eigenvalue weighted by molar-refractivity contribution is 5.85. The Hall–Kier alpha value is -7.30. The van der Waals surface area contributed by atoms with Crippen molar-refractivity contribution in [3.63, 3.8) is 0 Å². The molecule has 2 heterocycles. The van der Waals surface area contributed by atoms with E-state index in [1.54, 1.807) is 0 Å². The first kappa shape index (κ1) is 32.6. The zero-order valence-electron chi connectivity index (χ0n) is 29.4. The number of hydrogen-bond donors (Lipinski definition) is 0. The maximum absolute atomic E-state index is 5.08. The van der Waals surface area contributed by atoms with Gasteiger partial charge in [0.15, 0.2) is 17.5 Å². The molecule has 0 bridgehead atoms. The van der Waals surface area contributed by atoms with Crippen molar-refractivity contribution in [1.82, 2.24) is 19.9 Å². The molecule has 7 aromatic carbocycles. The molecule has 0 aliphatic rings. The monoisotopic (exact) mass is 690 g/mol. The number of rotatable bonds is 8. The van der Waals surface area contributed by atoms with E-state index in [0.717, 1.165) is 72.5 Å². The van der Waals surface area contributed by atoms with Crippen LogP contribution >= 0.6 is 0 Å². The van der Waals surface area contributed by atoms with Crippen LogP contribution in [0.5, 0.6) is 0 Å². The molecule has 0 saturated heterocycles. The van der Waals surface area contributed by atoms with Gasteiger partial charge in [-0.3, -0.25) is 4.98 Å². The fourth-order valence-corrected chi connectivity index (χ4v) is 6.77. The van der Waals surface area contributed by atoms with E-state index in [1.807, 2.05) is 30.5 Å². The highest BCUT2D eigenvalue weighted by Gasteiger charge is 2.16. The highest BCUT2D eigenvalue weighted by Crippen LogP contribution is 2.35. The van der Waals surface area contributed by atoms with Gasteiger partial charge >= 0.3 is 0 Å². The van der Waals surface area contributed by atoms with Gasteiger partial charge in [-0.1, -0.05) is 188 Å². The maximum Gasteiger partial charge on any atom is 0.164 e. The van der Waals surface area contributed by atoms with Gasteiger partial charge in [0.25, 0.3) is 0 Å². The van der Waals surface area contributed by atoms with Crippen molar-refractivity contribution in [3.05, 3.63) is 206 Å². The zero-order valence-corrected chi connectivity index (χ0v) is 29.4. The molecule has 0 N–H and O–H groups in total. The summed E-state index contributed by atoms with van der Waals surface area (Å²) >= 11 is 0. The molecule has 0 fully saturated rings. The first-order valence-electron chi connectivity index (χ1n) is 18.0. The molecule has 9 rings (SSSR count). The van der Waals surface area contributed by atoms with E-state index in [0.29, 0.717) is 17.5 Å². The van der Waals surface area contributed by atoms with Crippen LogP contribution in [0.2, 0.25) is 0 Å². The zero-order chi connectivity index (χ0) is 36.1. The maximum atomic E-state index is 5.08. The van der Waals surface area contributed by atoms with Gasteiger partial charge in [-0.15, -0.1) is 0 Å². The molecule has 0 aliphatic heterocycles. The van der Waals surface area contributed by atoms with Crippen LogP contribution in [0.15, 0.2) is 206 Å². The lowest BCUT2D eigenvalue weighted by molar-refractivity contribution is 1.07. The van der Waals surface area contributed by atoms with Crippen molar-refractivity contribution < 1.29 is 0 Å². The Balaban J connectivity index is 1.13. The molecule has 0 spiro atoms. The molecule has 0 radical (unpaired) electrons. The Kier molecular flexibility index (Phi) is 8.90. The summed E-state index contributed by atoms with van der Waals surface area (Å²) in [7, 11) is 0. The lowest BCUT2D eigenvalue weighted by Gasteiger charge is -2.13. The van der Waals surface area contributed by atoms with Gasteiger partial charge in [0.1, 0.15) is 0 Å². The van der Waals surface area contributed by atoms with Crippen LogP contribution in [0.1, 0.15) is 0 Å². The largest absolute Gasteiger partial charge is 0.255 e. The van der Waals surface area contributed by atoms with Crippen LogP contribution in [0.25, 0.3) is 89.9 Å². The molecule has 2 aromatic heterocycles. The summed E-state index contributed by atoms with van der Waals surface area (Å²) in [5, 5.41) is 0. The molecule has 54 heavy (non-hydrogen) atoms. The molecule has 4 heteroatoms. The number of nitrogens with zero attached hydrogens (tertiary/aromatic N) is 4. The van der Waals surface area contributed by atoms with Gasteiger partial charge in [0.2, 0.25) is 0 Å². The minimum atomic E-state index is 0.605. The average Bonchev–Trinajstić information content (AvgIpc) is 3.27. The third kappa shape index (κ3) is 6.84. The summed E-state index contributed by atoms with van der Waals surface area (Å²) in [5.41, 5.74) is 13.6. The van der Waals surface area contributed by atoms with Gasteiger partial charge in [0.05, 0.1) is 5.69 Å². The highest BCUT2D eigenvalue weighted by atomic mass is 15.0. The second kappa shape index (κ2) is 14.7. The molecule has 0 amide bonds. The van der Waals surface area contributed by atoms with Crippen LogP contribution in [0.3, 0.4) is 0 Å². The SMILES string of the molecule is c1ccc(-c2ccc(-c3nc(-c4ccc(-c5ccccc5)cc4)nc(-c4cccc(-c5cnc(-c6ccccc6)c(-c6ccccc6)c5)c4)n3)cc2)cc1. The lowest BCUT2D eigenvalue weighted by atomic mass is 9.95. The third-order valence-corrected chi connectivity index (χ3v) is 9.61. The van der Waals surface area contributed by atoms with Gasteiger partial charge in [-0.05, 0) is 45.5 Å². The number of aromatic nitrogens is 4. The Morgan fingerprint density at radius 3 is 1.11 bits per heavy atom. The van der Waals surface area contributed by atoms with Crippen LogP contribution in [0.4, 0.5) is 0 Å². The molecule has 254 valence electrons. The van der Waals surface area contributed by atoms with E-state index >= 15 is 0 Å². The van der Waals surface area contributed by atoms with Crippen molar-refractivity contribution >= 4 is 0 Å². The summed E-state index contributed by atoms with van der Waals surface area (Å²) in [4.78, 5) is 20.2. The number of pyridine rings is 1. The first-order chi connectivity index (χ1) is 26.7. The molecule has 0 unspecified atom stereocenters. The standard InChI is InChI=1S/C50H34N4/c1-5-14-35(15-6-1)37-24-28-41(29-25-37)48-52-49(42-30-26-38(27-31-42)36-16-7-2-8-17-36)54-50(53-48)44-23-13-22-43(32-44)45-33-46(39-18-9-3-10-19-39)47(51-34-45)40-20-11-4-12-21-40/h1-34H. The topological polar surface area (TPSA) is 51.6 Å². The van der Waals surface area contributed by atoms with E-state index in [9.17, 15) is 0 Å².